The van der Waals surface area contributed by atoms with Gasteiger partial charge in [0.2, 0.25) is 5.91 Å². The molecular weight excluding hydrogens is 337 g/mol. The van der Waals surface area contributed by atoms with E-state index in [-0.39, 0.29) is 10.9 Å². The highest BCUT2D eigenvalue weighted by molar-refractivity contribution is 6.42. The van der Waals surface area contributed by atoms with Crippen molar-refractivity contribution in [2.24, 2.45) is 0 Å². The van der Waals surface area contributed by atoms with E-state index in [1.807, 2.05) is 6.07 Å². The zero-order chi connectivity index (χ0) is 16.8. The Morgan fingerprint density at radius 2 is 2.00 bits per heavy atom. The van der Waals surface area contributed by atoms with Gasteiger partial charge in [-0.05, 0) is 36.8 Å². The van der Waals surface area contributed by atoms with Crippen LogP contribution in [-0.4, -0.2) is 22.8 Å². The Morgan fingerprint density at radius 3 is 2.65 bits per heavy atom. The first kappa shape index (κ1) is 17.2. The average molecular weight is 352 g/mol. The highest BCUT2D eigenvalue weighted by atomic mass is 35.5. The number of halogens is 2. The summed E-state index contributed by atoms with van der Waals surface area (Å²) >= 11 is 11.7. The number of aromatic nitrogens is 1. The number of rotatable bonds is 5. The third kappa shape index (κ3) is 4.94. The van der Waals surface area contributed by atoms with Crippen LogP contribution in [0.3, 0.4) is 0 Å². The topological polar surface area (TPSA) is 71.1 Å². The van der Waals surface area contributed by atoms with E-state index >= 15 is 0 Å². The normalized spacial score (nSPS) is 11.6. The van der Waals surface area contributed by atoms with Gasteiger partial charge in [-0.2, -0.15) is 0 Å². The average Bonchev–Trinajstić information content (AvgIpc) is 2.55. The van der Waals surface area contributed by atoms with Gasteiger partial charge in [-0.25, -0.2) is 0 Å². The molecule has 0 aliphatic rings. The van der Waals surface area contributed by atoms with E-state index in [1.54, 1.807) is 31.5 Å². The molecule has 0 saturated heterocycles. The van der Waals surface area contributed by atoms with Crippen molar-refractivity contribution in [3.8, 4) is 0 Å². The minimum atomic E-state index is -0.686. The van der Waals surface area contributed by atoms with Crippen LogP contribution < -0.4 is 10.6 Å². The van der Waals surface area contributed by atoms with Crippen molar-refractivity contribution in [2.75, 3.05) is 0 Å². The van der Waals surface area contributed by atoms with Crippen LogP contribution in [0.1, 0.15) is 22.8 Å². The van der Waals surface area contributed by atoms with E-state index in [9.17, 15) is 9.59 Å². The Hall–Kier alpha value is -2.11. The van der Waals surface area contributed by atoms with Crippen molar-refractivity contribution in [1.82, 2.24) is 15.6 Å². The standard InChI is InChI=1S/C16H15Cl2N3O2/c1-10(15(22)20-9-11-3-2-6-19-8-11)21-16(23)12-4-5-13(17)14(18)7-12/h2-8,10H,9H2,1H3,(H,20,22)(H,21,23)/t10-/m0/s1. The highest BCUT2D eigenvalue weighted by Crippen LogP contribution is 2.22. The maximum absolute atomic E-state index is 12.1. The fraction of sp³-hybridized carbons (Fsp3) is 0.188. The van der Waals surface area contributed by atoms with E-state index < -0.39 is 11.9 Å². The molecule has 7 heteroatoms. The van der Waals surface area contributed by atoms with Gasteiger partial charge in [0.05, 0.1) is 10.0 Å². The molecule has 5 nitrogen and oxygen atoms in total. The predicted octanol–water partition coefficient (Wildman–Crippen LogP) is 2.82. The Kier molecular flexibility index (Phi) is 5.96. The lowest BCUT2D eigenvalue weighted by molar-refractivity contribution is -0.122. The fourth-order valence-electron chi connectivity index (χ4n) is 1.83. The van der Waals surface area contributed by atoms with E-state index in [0.717, 1.165) is 5.56 Å². The SMILES string of the molecule is C[C@H](NC(=O)c1ccc(Cl)c(Cl)c1)C(=O)NCc1cccnc1. The predicted molar refractivity (Wildman–Crippen MR) is 89.5 cm³/mol. The first-order valence-corrected chi connectivity index (χ1v) is 7.65. The Bertz CT molecular complexity index is 708. The second-order valence-electron chi connectivity index (χ2n) is 4.90. The zero-order valence-corrected chi connectivity index (χ0v) is 13.9. The molecule has 0 aliphatic heterocycles. The maximum Gasteiger partial charge on any atom is 0.251 e. The Morgan fingerprint density at radius 1 is 1.22 bits per heavy atom. The monoisotopic (exact) mass is 351 g/mol. The van der Waals surface area contributed by atoms with Crippen LogP contribution in [0.2, 0.25) is 10.0 Å². The van der Waals surface area contributed by atoms with Gasteiger partial charge in [0, 0.05) is 24.5 Å². The van der Waals surface area contributed by atoms with Gasteiger partial charge in [0.1, 0.15) is 6.04 Å². The summed E-state index contributed by atoms with van der Waals surface area (Å²) in [5.41, 5.74) is 1.22. The summed E-state index contributed by atoms with van der Waals surface area (Å²) in [4.78, 5) is 28.1. The molecule has 0 unspecified atom stereocenters. The molecule has 0 spiro atoms. The third-order valence-electron chi connectivity index (χ3n) is 3.11. The van der Waals surface area contributed by atoms with Crippen LogP contribution in [0.15, 0.2) is 42.7 Å². The molecule has 2 aromatic rings. The largest absolute Gasteiger partial charge is 0.350 e. The van der Waals surface area contributed by atoms with Gasteiger partial charge in [0.15, 0.2) is 0 Å². The number of nitrogens with zero attached hydrogens (tertiary/aromatic N) is 1. The van der Waals surface area contributed by atoms with Crippen LogP contribution in [-0.2, 0) is 11.3 Å². The Balaban J connectivity index is 1.89. The number of benzene rings is 1. The van der Waals surface area contributed by atoms with Crippen molar-refractivity contribution in [3.05, 3.63) is 63.9 Å². The zero-order valence-electron chi connectivity index (χ0n) is 12.3. The fourth-order valence-corrected chi connectivity index (χ4v) is 2.13. The molecule has 0 radical (unpaired) electrons. The van der Waals surface area contributed by atoms with Gasteiger partial charge >= 0.3 is 0 Å². The van der Waals surface area contributed by atoms with Gasteiger partial charge in [-0.15, -0.1) is 0 Å². The lowest BCUT2D eigenvalue weighted by atomic mass is 10.2. The van der Waals surface area contributed by atoms with E-state index in [1.165, 1.54) is 12.1 Å². The molecule has 0 bridgehead atoms. The summed E-state index contributed by atoms with van der Waals surface area (Å²) in [6.45, 7) is 1.95. The number of carbonyl (C=O) groups is 2. The summed E-state index contributed by atoms with van der Waals surface area (Å²) in [5, 5.41) is 6.00. The van der Waals surface area contributed by atoms with Gasteiger partial charge in [0.25, 0.3) is 5.91 Å². The number of pyridine rings is 1. The van der Waals surface area contributed by atoms with Crippen LogP contribution in [0, 0.1) is 0 Å². The van der Waals surface area contributed by atoms with E-state index in [0.29, 0.717) is 17.1 Å². The van der Waals surface area contributed by atoms with Crippen molar-refractivity contribution in [2.45, 2.75) is 19.5 Å². The van der Waals surface area contributed by atoms with Crippen molar-refractivity contribution < 1.29 is 9.59 Å². The Labute approximate surface area is 144 Å². The summed E-state index contributed by atoms with van der Waals surface area (Å²) in [5.74, 6) is -0.685. The molecule has 0 fully saturated rings. The van der Waals surface area contributed by atoms with Gasteiger partial charge in [-0.1, -0.05) is 29.3 Å². The maximum atomic E-state index is 12.1. The number of amides is 2. The molecule has 23 heavy (non-hydrogen) atoms. The molecule has 120 valence electrons. The van der Waals surface area contributed by atoms with Gasteiger partial charge in [-0.3, -0.25) is 14.6 Å². The molecule has 2 N–H and O–H groups in total. The van der Waals surface area contributed by atoms with E-state index in [4.69, 9.17) is 23.2 Å². The molecule has 1 heterocycles. The molecule has 0 saturated carbocycles. The molecule has 1 aromatic heterocycles. The van der Waals surface area contributed by atoms with Crippen LogP contribution in [0.25, 0.3) is 0 Å². The first-order valence-electron chi connectivity index (χ1n) is 6.90. The number of carbonyl (C=O) groups excluding carboxylic acids is 2. The second kappa shape index (κ2) is 7.94. The minimum absolute atomic E-state index is 0.285. The highest BCUT2D eigenvalue weighted by Gasteiger charge is 2.17. The summed E-state index contributed by atoms with van der Waals surface area (Å²) in [7, 11) is 0. The number of hydrogen-bond acceptors (Lipinski definition) is 3. The molecule has 2 rings (SSSR count). The van der Waals surface area contributed by atoms with Crippen molar-refractivity contribution >= 4 is 35.0 Å². The smallest absolute Gasteiger partial charge is 0.251 e. The molecule has 2 amide bonds. The minimum Gasteiger partial charge on any atom is -0.350 e. The quantitative estimate of drug-likeness (QED) is 0.869. The van der Waals surface area contributed by atoms with E-state index in [2.05, 4.69) is 15.6 Å². The number of hydrogen-bond donors (Lipinski definition) is 2. The molecule has 1 aromatic carbocycles. The third-order valence-corrected chi connectivity index (χ3v) is 3.85. The lowest BCUT2D eigenvalue weighted by Gasteiger charge is -2.14. The summed E-state index contributed by atoms with van der Waals surface area (Å²) < 4.78 is 0. The van der Waals surface area contributed by atoms with Crippen molar-refractivity contribution in [1.29, 1.82) is 0 Å². The lowest BCUT2D eigenvalue weighted by Crippen LogP contribution is -2.44. The summed E-state index contributed by atoms with van der Waals surface area (Å²) in [6, 6.07) is 7.49. The van der Waals surface area contributed by atoms with Crippen LogP contribution in [0.5, 0.6) is 0 Å². The molecule has 0 aliphatic carbocycles. The van der Waals surface area contributed by atoms with Crippen molar-refractivity contribution in [3.63, 3.8) is 0 Å². The first-order chi connectivity index (χ1) is 11.0. The molecular formula is C16H15Cl2N3O2. The van der Waals surface area contributed by atoms with Gasteiger partial charge < -0.3 is 10.6 Å². The van der Waals surface area contributed by atoms with Crippen LogP contribution >= 0.6 is 23.2 Å². The van der Waals surface area contributed by atoms with Crippen LogP contribution in [0.4, 0.5) is 0 Å². The number of nitrogens with one attached hydrogen (secondary N) is 2. The summed E-state index contributed by atoms with van der Waals surface area (Å²) in [6.07, 6.45) is 3.32. The molecule has 1 atom stereocenters. The second-order valence-corrected chi connectivity index (χ2v) is 5.72.